The van der Waals surface area contributed by atoms with Gasteiger partial charge in [0.25, 0.3) is 5.56 Å². The van der Waals surface area contributed by atoms with Gasteiger partial charge in [-0.15, -0.1) is 5.06 Å². The van der Waals surface area contributed by atoms with Crippen LogP contribution in [-0.2, 0) is 10.6 Å². The van der Waals surface area contributed by atoms with Crippen molar-refractivity contribution >= 4 is 0 Å². The number of halogens is 1. The molecule has 1 unspecified atom stereocenters. The third-order valence-electron chi connectivity index (χ3n) is 7.82. The predicted octanol–water partition coefficient (Wildman–Crippen LogP) is 3.17. The van der Waals surface area contributed by atoms with Gasteiger partial charge in [-0.2, -0.15) is 0 Å². The van der Waals surface area contributed by atoms with E-state index in [0.29, 0.717) is 17.4 Å². The van der Waals surface area contributed by atoms with E-state index in [1.54, 1.807) is 13.8 Å². The molecule has 0 saturated carbocycles. The van der Waals surface area contributed by atoms with Crippen molar-refractivity contribution in [3.05, 3.63) is 32.6 Å². The zero-order valence-corrected chi connectivity index (χ0v) is 24.2. The summed E-state index contributed by atoms with van der Waals surface area (Å²) in [5.41, 5.74) is -5.25. The summed E-state index contributed by atoms with van der Waals surface area (Å²) in [7, 11) is 0. The SMILES string of the molecule is CCCCCCCCCCCCCCCC(F)N(O)[C@@]1(O)[C@H](O)[C@@H](CO)O[C@@]1(O)n1cc(C(C)C)c(=O)[nH]c1=O. The van der Waals surface area contributed by atoms with E-state index in [1.165, 1.54) is 51.4 Å². The van der Waals surface area contributed by atoms with E-state index in [9.17, 15) is 35.2 Å². The van der Waals surface area contributed by atoms with Gasteiger partial charge in [-0.05, 0) is 18.8 Å². The first-order valence-electron chi connectivity index (χ1n) is 14.9. The average Bonchev–Trinajstić information content (AvgIpc) is 3.12. The topological polar surface area (TPSA) is 168 Å². The lowest BCUT2D eigenvalue weighted by Gasteiger charge is -2.43. The van der Waals surface area contributed by atoms with Crippen LogP contribution in [0.15, 0.2) is 15.8 Å². The fraction of sp³-hybridized carbons (Fsp3) is 0.857. The molecule has 1 fully saturated rings. The van der Waals surface area contributed by atoms with Crippen LogP contribution in [0.25, 0.3) is 0 Å². The Hall–Kier alpha value is -1.67. The first-order chi connectivity index (χ1) is 18.9. The van der Waals surface area contributed by atoms with E-state index in [4.69, 9.17) is 4.74 Å². The Morgan fingerprint density at radius 2 is 1.50 bits per heavy atom. The molecule has 1 saturated heterocycles. The largest absolute Gasteiger partial charge is 0.394 e. The van der Waals surface area contributed by atoms with Crippen molar-refractivity contribution in [1.29, 1.82) is 0 Å². The summed E-state index contributed by atoms with van der Waals surface area (Å²) in [4.78, 5) is 26.8. The van der Waals surface area contributed by atoms with E-state index >= 15 is 4.39 Å². The second-order valence-corrected chi connectivity index (χ2v) is 11.3. The smallest absolute Gasteiger partial charge is 0.332 e. The number of hydrogen-bond donors (Lipinski definition) is 6. The van der Waals surface area contributed by atoms with Crippen molar-refractivity contribution in [2.45, 2.75) is 147 Å². The summed E-state index contributed by atoms with van der Waals surface area (Å²) >= 11 is 0. The molecule has 0 aliphatic carbocycles. The third kappa shape index (κ3) is 7.99. The van der Waals surface area contributed by atoms with Crippen molar-refractivity contribution in [2.24, 2.45) is 0 Å². The molecule has 1 aromatic heterocycles. The van der Waals surface area contributed by atoms with Gasteiger partial charge in [0.15, 0.2) is 6.30 Å². The van der Waals surface area contributed by atoms with Crippen molar-refractivity contribution in [3.63, 3.8) is 0 Å². The maximum Gasteiger partial charge on any atom is 0.332 e. The van der Waals surface area contributed by atoms with E-state index in [0.717, 1.165) is 25.5 Å². The number of alkyl halides is 1. The van der Waals surface area contributed by atoms with Gasteiger partial charge in [0, 0.05) is 11.8 Å². The number of aliphatic hydroxyl groups is 4. The van der Waals surface area contributed by atoms with Gasteiger partial charge in [0.2, 0.25) is 5.72 Å². The van der Waals surface area contributed by atoms with Crippen LogP contribution in [0.1, 0.15) is 122 Å². The van der Waals surface area contributed by atoms with Crippen LogP contribution in [0.2, 0.25) is 0 Å². The van der Waals surface area contributed by atoms with Crippen LogP contribution in [0.5, 0.6) is 0 Å². The molecule has 1 aromatic rings. The number of hydroxylamine groups is 2. The maximum absolute atomic E-state index is 15.2. The summed E-state index contributed by atoms with van der Waals surface area (Å²) in [5, 5.41) is 53.5. The highest BCUT2D eigenvalue weighted by Gasteiger charge is 2.71. The van der Waals surface area contributed by atoms with E-state index in [2.05, 4.69) is 6.92 Å². The van der Waals surface area contributed by atoms with Crippen LogP contribution >= 0.6 is 0 Å². The van der Waals surface area contributed by atoms with Crippen molar-refractivity contribution in [3.8, 4) is 0 Å². The number of H-pyrrole nitrogens is 1. The molecule has 0 amide bonds. The summed E-state index contributed by atoms with van der Waals surface area (Å²) in [6.45, 7) is 4.56. The second kappa shape index (κ2) is 16.1. The average molecular weight is 576 g/mol. The van der Waals surface area contributed by atoms with E-state index < -0.39 is 53.9 Å². The molecule has 6 N–H and O–H groups in total. The summed E-state index contributed by atoms with van der Waals surface area (Å²) in [5.74, 6) is -3.68. The predicted molar refractivity (Wildman–Crippen MR) is 147 cm³/mol. The standard InChI is InChI=1S/C28H50FN3O8/c1-4-5-6-7-8-9-10-11-12-13-14-15-16-17-23(29)32(39)27(37)24(34)22(19-33)40-28(27,38)31-18-21(20(2)3)25(35)30-26(31)36/h18,20,22-24,33-34,37-39H,4-17,19H2,1-3H3,(H,30,35,36)/t22-,23?,24-,27-,28-/m1/s1. The van der Waals surface area contributed by atoms with Gasteiger partial charge in [0.05, 0.1) is 6.61 Å². The first-order valence-corrected chi connectivity index (χ1v) is 14.9. The molecule has 1 aliphatic rings. The zero-order valence-electron chi connectivity index (χ0n) is 24.2. The number of ether oxygens (including phenoxy) is 1. The lowest BCUT2D eigenvalue weighted by molar-refractivity contribution is -0.428. The second-order valence-electron chi connectivity index (χ2n) is 11.3. The fourth-order valence-electron chi connectivity index (χ4n) is 5.26. The molecule has 1 aliphatic heterocycles. The maximum atomic E-state index is 15.2. The molecular formula is C28H50FN3O8. The summed E-state index contributed by atoms with van der Waals surface area (Å²) < 4.78 is 20.8. The van der Waals surface area contributed by atoms with Gasteiger partial charge in [0.1, 0.15) is 12.2 Å². The summed E-state index contributed by atoms with van der Waals surface area (Å²) in [6, 6.07) is 0. The van der Waals surface area contributed by atoms with Crippen molar-refractivity contribution in [1.82, 2.24) is 14.6 Å². The highest BCUT2D eigenvalue weighted by molar-refractivity contribution is 5.13. The highest BCUT2D eigenvalue weighted by Crippen LogP contribution is 2.44. The Balaban J connectivity index is 1.97. The van der Waals surface area contributed by atoms with E-state index in [-0.39, 0.29) is 17.0 Å². The lowest BCUT2D eigenvalue weighted by Crippen LogP contribution is -2.69. The van der Waals surface area contributed by atoms with Gasteiger partial charge in [-0.3, -0.25) is 9.78 Å². The van der Waals surface area contributed by atoms with Crippen LogP contribution in [0.3, 0.4) is 0 Å². The first kappa shape index (κ1) is 34.5. The third-order valence-corrected chi connectivity index (χ3v) is 7.82. The van der Waals surface area contributed by atoms with Gasteiger partial charge in [-0.25, -0.2) is 13.8 Å². The van der Waals surface area contributed by atoms with Crippen molar-refractivity contribution < 1.29 is 34.8 Å². The molecule has 40 heavy (non-hydrogen) atoms. The van der Waals surface area contributed by atoms with Gasteiger partial charge < -0.3 is 30.4 Å². The Labute approximate surface area is 235 Å². The van der Waals surface area contributed by atoms with Crippen LogP contribution in [0, 0.1) is 0 Å². The molecule has 2 heterocycles. The Morgan fingerprint density at radius 1 is 1.00 bits per heavy atom. The molecule has 2 rings (SSSR count). The molecule has 0 aromatic carbocycles. The Bertz CT molecular complexity index is 1000. The fourth-order valence-corrected chi connectivity index (χ4v) is 5.26. The normalized spacial score (nSPS) is 25.8. The molecular weight excluding hydrogens is 525 g/mol. The lowest BCUT2D eigenvalue weighted by atomic mass is 9.99. The van der Waals surface area contributed by atoms with Crippen LogP contribution in [-0.4, -0.2) is 71.1 Å². The number of hydrogen-bond acceptors (Lipinski definition) is 9. The molecule has 0 bridgehead atoms. The molecule has 11 nitrogen and oxygen atoms in total. The van der Waals surface area contributed by atoms with Gasteiger partial charge >= 0.3 is 11.6 Å². The number of unbranched alkanes of at least 4 members (excludes halogenated alkanes) is 12. The monoisotopic (exact) mass is 575 g/mol. The number of aliphatic hydroxyl groups excluding tert-OH is 2. The number of aromatic amines is 1. The quantitative estimate of drug-likeness (QED) is 0.0628. The number of nitrogens with one attached hydrogen (secondary N) is 1. The molecule has 5 atom stereocenters. The molecule has 0 radical (unpaired) electrons. The van der Waals surface area contributed by atoms with E-state index in [1.807, 2.05) is 4.98 Å². The van der Waals surface area contributed by atoms with Crippen molar-refractivity contribution in [2.75, 3.05) is 6.61 Å². The zero-order chi connectivity index (χ0) is 29.9. The molecule has 12 heteroatoms. The van der Waals surface area contributed by atoms with Crippen LogP contribution < -0.4 is 11.2 Å². The number of aromatic nitrogens is 2. The molecule has 232 valence electrons. The minimum Gasteiger partial charge on any atom is -0.394 e. The highest BCUT2D eigenvalue weighted by atomic mass is 19.1. The Kier molecular flexibility index (Phi) is 13.9. The Morgan fingerprint density at radius 3 is 1.98 bits per heavy atom. The number of rotatable bonds is 19. The number of nitrogens with zero attached hydrogens (tertiary/aromatic N) is 2. The minimum atomic E-state index is -3.30. The van der Waals surface area contributed by atoms with Crippen LogP contribution in [0.4, 0.5) is 4.39 Å². The molecule has 0 spiro atoms. The summed E-state index contributed by atoms with van der Waals surface area (Å²) in [6.07, 6.45) is 8.66. The van der Waals surface area contributed by atoms with Gasteiger partial charge in [-0.1, -0.05) is 97.8 Å². The minimum absolute atomic E-state index is 0.0224.